The Bertz CT molecular complexity index is 786. The highest BCUT2D eigenvalue weighted by Crippen LogP contribution is 2.26. The summed E-state index contributed by atoms with van der Waals surface area (Å²) in [6.45, 7) is 7.12. The predicted octanol–water partition coefficient (Wildman–Crippen LogP) is 3.87. The Morgan fingerprint density at radius 3 is 2.59 bits per heavy atom. The standard InChI is InChI=1S/C24H36IN3O4/c1-4-8-19(23(30)27-32)20(13-16(2)3)22(29)26-21-11-5-6-12-28(24(21)31)15-17-9-7-10-18(25)14-17/h7,9-10,14,16,19-21,32H,4-6,8,11-13,15H2,1-3H3,(H,26,29)(H,27,30)/t19-,20+,21-/m0/s1. The highest BCUT2D eigenvalue weighted by atomic mass is 127. The van der Waals surface area contributed by atoms with Crippen LogP contribution in [0.3, 0.4) is 0 Å². The molecule has 32 heavy (non-hydrogen) atoms. The van der Waals surface area contributed by atoms with Crippen LogP contribution >= 0.6 is 22.6 Å². The van der Waals surface area contributed by atoms with Gasteiger partial charge in [-0.2, -0.15) is 0 Å². The predicted molar refractivity (Wildman–Crippen MR) is 132 cm³/mol. The fourth-order valence-corrected chi connectivity index (χ4v) is 5.01. The number of halogens is 1. The lowest BCUT2D eigenvalue weighted by molar-refractivity contribution is -0.143. The maximum atomic E-state index is 13.3. The van der Waals surface area contributed by atoms with Gasteiger partial charge in [0.05, 0.1) is 5.92 Å². The van der Waals surface area contributed by atoms with E-state index < -0.39 is 23.8 Å². The molecule has 0 spiro atoms. The molecule has 0 unspecified atom stereocenters. The topological polar surface area (TPSA) is 98.7 Å². The molecule has 0 bridgehead atoms. The molecule has 1 aromatic rings. The summed E-state index contributed by atoms with van der Waals surface area (Å²) in [7, 11) is 0. The van der Waals surface area contributed by atoms with Crippen LogP contribution in [0.4, 0.5) is 0 Å². The minimum Gasteiger partial charge on any atom is -0.344 e. The summed E-state index contributed by atoms with van der Waals surface area (Å²) in [6.07, 6.45) is 4.05. The first-order chi connectivity index (χ1) is 15.3. The van der Waals surface area contributed by atoms with Crippen LogP contribution in [0.15, 0.2) is 24.3 Å². The molecule has 7 nitrogen and oxygen atoms in total. The van der Waals surface area contributed by atoms with Crippen LogP contribution in [0.5, 0.6) is 0 Å². The van der Waals surface area contributed by atoms with E-state index in [1.54, 1.807) is 5.48 Å². The Labute approximate surface area is 204 Å². The summed E-state index contributed by atoms with van der Waals surface area (Å²) in [5.41, 5.74) is 2.79. The first kappa shape index (κ1) is 26.6. The highest BCUT2D eigenvalue weighted by Gasteiger charge is 2.36. The fourth-order valence-electron chi connectivity index (χ4n) is 4.40. The molecule has 1 aliphatic rings. The first-order valence-electron chi connectivity index (χ1n) is 11.5. The fraction of sp³-hybridized carbons (Fsp3) is 0.625. The Hall–Kier alpha value is -1.68. The van der Waals surface area contributed by atoms with Crippen LogP contribution in [-0.4, -0.2) is 40.4 Å². The number of likely N-dealkylation sites (tertiary alicyclic amines) is 1. The molecule has 1 fully saturated rings. The van der Waals surface area contributed by atoms with E-state index in [1.165, 1.54) is 0 Å². The van der Waals surface area contributed by atoms with Gasteiger partial charge in [-0.05, 0) is 78.3 Å². The number of carbonyl (C=O) groups is 3. The van der Waals surface area contributed by atoms with E-state index in [1.807, 2.05) is 43.9 Å². The molecule has 2 rings (SSSR count). The summed E-state index contributed by atoms with van der Waals surface area (Å²) in [5.74, 6) is -1.93. The van der Waals surface area contributed by atoms with E-state index >= 15 is 0 Å². The number of benzene rings is 1. The molecule has 0 radical (unpaired) electrons. The van der Waals surface area contributed by atoms with Crippen molar-refractivity contribution in [3.63, 3.8) is 0 Å². The van der Waals surface area contributed by atoms with Crippen molar-refractivity contribution in [3.05, 3.63) is 33.4 Å². The zero-order chi connectivity index (χ0) is 23.7. The second-order valence-corrected chi connectivity index (χ2v) is 10.3. The van der Waals surface area contributed by atoms with Gasteiger partial charge in [0.2, 0.25) is 17.7 Å². The van der Waals surface area contributed by atoms with Gasteiger partial charge in [0, 0.05) is 22.6 Å². The van der Waals surface area contributed by atoms with E-state index in [2.05, 4.69) is 34.0 Å². The van der Waals surface area contributed by atoms with Crippen molar-refractivity contribution in [2.24, 2.45) is 17.8 Å². The zero-order valence-electron chi connectivity index (χ0n) is 19.3. The molecule has 0 aliphatic carbocycles. The lowest BCUT2D eigenvalue weighted by Crippen LogP contribution is -2.51. The summed E-state index contributed by atoms with van der Waals surface area (Å²) in [6, 6.07) is 7.47. The van der Waals surface area contributed by atoms with Crippen LogP contribution in [0, 0.1) is 21.3 Å². The molecule has 0 aromatic heterocycles. The Kier molecular flexibility index (Phi) is 10.9. The van der Waals surface area contributed by atoms with Crippen molar-refractivity contribution in [3.8, 4) is 0 Å². The van der Waals surface area contributed by atoms with Gasteiger partial charge in [0.1, 0.15) is 6.04 Å². The van der Waals surface area contributed by atoms with Gasteiger partial charge < -0.3 is 10.2 Å². The zero-order valence-corrected chi connectivity index (χ0v) is 21.4. The van der Waals surface area contributed by atoms with Crippen LogP contribution in [0.25, 0.3) is 0 Å². The van der Waals surface area contributed by atoms with Crippen LogP contribution < -0.4 is 10.8 Å². The Morgan fingerprint density at radius 2 is 1.97 bits per heavy atom. The molecule has 1 saturated heterocycles. The van der Waals surface area contributed by atoms with Crippen molar-refractivity contribution in [1.29, 1.82) is 0 Å². The van der Waals surface area contributed by atoms with E-state index in [-0.39, 0.29) is 17.7 Å². The van der Waals surface area contributed by atoms with Gasteiger partial charge in [-0.25, -0.2) is 5.48 Å². The second-order valence-electron chi connectivity index (χ2n) is 9.05. The monoisotopic (exact) mass is 557 g/mol. The number of rotatable bonds is 10. The van der Waals surface area contributed by atoms with Gasteiger partial charge in [-0.15, -0.1) is 0 Å². The smallest absolute Gasteiger partial charge is 0.247 e. The van der Waals surface area contributed by atoms with E-state index in [9.17, 15) is 19.6 Å². The third-order valence-electron chi connectivity index (χ3n) is 5.95. The number of hydrogen-bond acceptors (Lipinski definition) is 4. The molecular weight excluding hydrogens is 521 g/mol. The van der Waals surface area contributed by atoms with Crippen LogP contribution in [0.2, 0.25) is 0 Å². The van der Waals surface area contributed by atoms with Crippen molar-refractivity contribution < 1.29 is 19.6 Å². The molecule has 178 valence electrons. The van der Waals surface area contributed by atoms with E-state index in [4.69, 9.17) is 0 Å². The maximum Gasteiger partial charge on any atom is 0.247 e. The quantitative estimate of drug-likeness (QED) is 0.231. The summed E-state index contributed by atoms with van der Waals surface area (Å²) in [4.78, 5) is 40.7. The third kappa shape index (κ3) is 7.72. The Balaban J connectivity index is 2.17. The van der Waals surface area contributed by atoms with Crippen LogP contribution in [-0.2, 0) is 20.9 Å². The summed E-state index contributed by atoms with van der Waals surface area (Å²) in [5, 5.41) is 12.2. The van der Waals surface area contributed by atoms with Gasteiger partial charge in [-0.3, -0.25) is 19.6 Å². The van der Waals surface area contributed by atoms with Crippen molar-refractivity contribution in [2.75, 3.05) is 6.54 Å². The average Bonchev–Trinajstić information content (AvgIpc) is 2.91. The van der Waals surface area contributed by atoms with Crippen molar-refractivity contribution >= 4 is 40.3 Å². The van der Waals surface area contributed by atoms with Crippen molar-refractivity contribution in [1.82, 2.24) is 15.7 Å². The molecular formula is C24H36IN3O4. The third-order valence-corrected chi connectivity index (χ3v) is 6.62. The highest BCUT2D eigenvalue weighted by molar-refractivity contribution is 14.1. The molecule has 1 aliphatic heterocycles. The largest absolute Gasteiger partial charge is 0.344 e. The number of hydroxylamine groups is 1. The van der Waals surface area contributed by atoms with Crippen molar-refractivity contribution in [2.45, 2.75) is 71.9 Å². The molecule has 0 saturated carbocycles. The summed E-state index contributed by atoms with van der Waals surface area (Å²) < 4.78 is 1.12. The number of nitrogens with zero attached hydrogens (tertiary/aromatic N) is 1. The van der Waals surface area contributed by atoms with Gasteiger partial charge in [0.25, 0.3) is 0 Å². The lowest BCUT2D eigenvalue weighted by atomic mass is 9.81. The second kappa shape index (κ2) is 13.1. The maximum absolute atomic E-state index is 13.3. The normalized spacial score (nSPS) is 18.8. The molecule has 3 amide bonds. The minimum atomic E-state index is -0.629. The number of carbonyl (C=O) groups excluding carboxylic acids is 3. The first-order valence-corrected chi connectivity index (χ1v) is 12.6. The molecule has 8 heteroatoms. The number of nitrogens with one attached hydrogen (secondary N) is 2. The minimum absolute atomic E-state index is 0.0725. The van der Waals surface area contributed by atoms with Gasteiger partial charge >= 0.3 is 0 Å². The molecule has 3 N–H and O–H groups in total. The average molecular weight is 557 g/mol. The van der Waals surface area contributed by atoms with Gasteiger partial charge in [-0.1, -0.05) is 39.3 Å². The SMILES string of the molecule is CCC[C@H](C(=O)NO)[C@@H](CC(C)C)C(=O)N[C@H]1CCCCN(Cc2cccc(I)c2)C1=O. The lowest BCUT2D eigenvalue weighted by Gasteiger charge is -2.29. The number of hydrogen-bond donors (Lipinski definition) is 3. The van der Waals surface area contributed by atoms with Crippen LogP contribution in [0.1, 0.15) is 64.9 Å². The molecule has 1 aromatic carbocycles. The van der Waals surface area contributed by atoms with E-state index in [0.29, 0.717) is 38.8 Å². The van der Waals surface area contributed by atoms with E-state index in [0.717, 1.165) is 22.0 Å². The number of amides is 3. The van der Waals surface area contributed by atoms with Gasteiger partial charge in [0.15, 0.2) is 0 Å². The molecule has 1 heterocycles. The molecule has 3 atom stereocenters. The Morgan fingerprint density at radius 1 is 1.22 bits per heavy atom. The summed E-state index contributed by atoms with van der Waals surface area (Å²) >= 11 is 2.26.